The molecular formula is C13H20O3. The molecule has 16 heavy (non-hydrogen) atoms. The zero-order valence-electron chi connectivity index (χ0n) is 9.72. The molecule has 0 aliphatic rings. The van der Waals surface area contributed by atoms with E-state index in [0.717, 1.165) is 24.2 Å². The lowest BCUT2D eigenvalue weighted by Crippen LogP contribution is -2.01. The molecule has 1 aromatic rings. The minimum absolute atomic E-state index is 0.137. The quantitative estimate of drug-likeness (QED) is 0.699. The minimum Gasteiger partial charge on any atom is -0.493 e. The fourth-order valence-electron chi connectivity index (χ4n) is 1.51. The monoisotopic (exact) mass is 224 g/mol. The van der Waals surface area contributed by atoms with Crippen LogP contribution in [0.25, 0.3) is 0 Å². The van der Waals surface area contributed by atoms with Gasteiger partial charge >= 0.3 is 0 Å². The first-order valence-corrected chi connectivity index (χ1v) is 5.79. The van der Waals surface area contributed by atoms with E-state index in [4.69, 9.17) is 9.84 Å². The summed E-state index contributed by atoms with van der Waals surface area (Å²) in [5, 5.41) is 18.5. The van der Waals surface area contributed by atoms with E-state index in [1.54, 1.807) is 0 Å². The zero-order valence-corrected chi connectivity index (χ0v) is 9.72. The third kappa shape index (κ3) is 4.21. The van der Waals surface area contributed by atoms with Gasteiger partial charge in [-0.15, -0.1) is 0 Å². The summed E-state index contributed by atoms with van der Waals surface area (Å²) >= 11 is 0. The molecule has 1 rings (SSSR count). The van der Waals surface area contributed by atoms with Crippen LogP contribution in [-0.4, -0.2) is 23.4 Å². The predicted octanol–water partition coefficient (Wildman–Crippen LogP) is 2.28. The summed E-state index contributed by atoms with van der Waals surface area (Å²) in [6.07, 6.45) is 1.94. The van der Waals surface area contributed by atoms with E-state index < -0.39 is 6.10 Å². The summed E-state index contributed by atoms with van der Waals surface area (Å²) in [6, 6.07) is 7.50. The fraction of sp³-hybridized carbons (Fsp3) is 0.538. The van der Waals surface area contributed by atoms with Gasteiger partial charge in [-0.3, -0.25) is 0 Å². The summed E-state index contributed by atoms with van der Waals surface area (Å²) in [6.45, 7) is 2.69. The summed E-state index contributed by atoms with van der Waals surface area (Å²) in [7, 11) is 0. The molecule has 0 heterocycles. The zero-order chi connectivity index (χ0) is 11.8. The SMILES string of the molecule is CCCC(O)c1cccc(OCCCO)c1. The number of hydrogen-bond acceptors (Lipinski definition) is 3. The van der Waals surface area contributed by atoms with Gasteiger partial charge in [0.25, 0.3) is 0 Å². The lowest BCUT2D eigenvalue weighted by atomic mass is 10.1. The number of hydrogen-bond donors (Lipinski definition) is 2. The Morgan fingerprint density at radius 2 is 2.19 bits per heavy atom. The number of aliphatic hydroxyl groups is 2. The molecule has 1 atom stereocenters. The van der Waals surface area contributed by atoms with Gasteiger partial charge in [0, 0.05) is 13.0 Å². The Morgan fingerprint density at radius 1 is 1.38 bits per heavy atom. The Labute approximate surface area is 96.7 Å². The molecule has 0 amide bonds. The predicted molar refractivity (Wildman–Crippen MR) is 63.5 cm³/mol. The maximum atomic E-state index is 9.82. The van der Waals surface area contributed by atoms with E-state index in [9.17, 15) is 5.11 Å². The standard InChI is InChI=1S/C13H20O3/c1-2-5-13(15)11-6-3-7-12(10-11)16-9-4-8-14/h3,6-7,10,13-15H,2,4-5,8-9H2,1H3. The third-order valence-electron chi connectivity index (χ3n) is 2.38. The van der Waals surface area contributed by atoms with Crippen molar-refractivity contribution in [2.24, 2.45) is 0 Å². The average Bonchev–Trinajstić information content (AvgIpc) is 2.30. The van der Waals surface area contributed by atoms with Gasteiger partial charge < -0.3 is 14.9 Å². The molecule has 90 valence electrons. The van der Waals surface area contributed by atoms with E-state index in [0.29, 0.717) is 13.0 Å². The Hall–Kier alpha value is -1.06. The maximum Gasteiger partial charge on any atom is 0.119 e. The van der Waals surface area contributed by atoms with Crippen LogP contribution in [0.3, 0.4) is 0 Å². The van der Waals surface area contributed by atoms with Crippen LogP contribution < -0.4 is 4.74 Å². The molecule has 1 unspecified atom stereocenters. The second kappa shape index (κ2) is 7.25. The fourth-order valence-corrected chi connectivity index (χ4v) is 1.51. The molecule has 0 radical (unpaired) electrons. The highest BCUT2D eigenvalue weighted by molar-refractivity contribution is 5.29. The molecule has 0 aromatic heterocycles. The number of aliphatic hydroxyl groups excluding tert-OH is 2. The summed E-state index contributed by atoms with van der Waals surface area (Å²) in [5.74, 6) is 0.751. The van der Waals surface area contributed by atoms with E-state index in [-0.39, 0.29) is 6.61 Å². The Kier molecular flexibility index (Phi) is 5.90. The Morgan fingerprint density at radius 3 is 2.88 bits per heavy atom. The maximum absolute atomic E-state index is 9.82. The summed E-state index contributed by atoms with van der Waals surface area (Å²) in [5.41, 5.74) is 0.892. The van der Waals surface area contributed by atoms with Gasteiger partial charge in [-0.1, -0.05) is 25.5 Å². The highest BCUT2D eigenvalue weighted by atomic mass is 16.5. The highest BCUT2D eigenvalue weighted by Crippen LogP contribution is 2.22. The average molecular weight is 224 g/mol. The second-order valence-electron chi connectivity index (χ2n) is 3.80. The van der Waals surface area contributed by atoms with Gasteiger partial charge in [0.2, 0.25) is 0 Å². The van der Waals surface area contributed by atoms with Crippen LogP contribution in [0.1, 0.15) is 37.9 Å². The van der Waals surface area contributed by atoms with Gasteiger partial charge in [-0.2, -0.15) is 0 Å². The molecule has 0 saturated heterocycles. The first-order valence-electron chi connectivity index (χ1n) is 5.79. The van der Waals surface area contributed by atoms with Crippen molar-refractivity contribution in [3.8, 4) is 5.75 Å². The van der Waals surface area contributed by atoms with Crippen molar-refractivity contribution in [1.82, 2.24) is 0 Å². The van der Waals surface area contributed by atoms with Crippen molar-refractivity contribution in [3.63, 3.8) is 0 Å². The first kappa shape index (κ1) is 13.0. The largest absolute Gasteiger partial charge is 0.493 e. The van der Waals surface area contributed by atoms with Crippen molar-refractivity contribution < 1.29 is 14.9 Å². The second-order valence-corrected chi connectivity index (χ2v) is 3.80. The van der Waals surface area contributed by atoms with E-state index in [2.05, 4.69) is 0 Å². The third-order valence-corrected chi connectivity index (χ3v) is 2.38. The van der Waals surface area contributed by atoms with Crippen molar-refractivity contribution >= 4 is 0 Å². The lowest BCUT2D eigenvalue weighted by Gasteiger charge is -2.11. The molecule has 0 bridgehead atoms. The minimum atomic E-state index is -0.411. The van der Waals surface area contributed by atoms with Crippen LogP contribution in [0, 0.1) is 0 Å². The molecule has 0 aliphatic carbocycles. The van der Waals surface area contributed by atoms with Crippen molar-refractivity contribution in [2.45, 2.75) is 32.3 Å². The Bertz CT molecular complexity index is 299. The van der Waals surface area contributed by atoms with Crippen LogP contribution >= 0.6 is 0 Å². The van der Waals surface area contributed by atoms with Crippen molar-refractivity contribution in [2.75, 3.05) is 13.2 Å². The van der Waals surface area contributed by atoms with Crippen molar-refractivity contribution in [3.05, 3.63) is 29.8 Å². The smallest absolute Gasteiger partial charge is 0.119 e. The normalized spacial score (nSPS) is 12.4. The van der Waals surface area contributed by atoms with E-state index in [1.807, 2.05) is 31.2 Å². The molecule has 1 aromatic carbocycles. The van der Waals surface area contributed by atoms with Crippen molar-refractivity contribution in [1.29, 1.82) is 0 Å². The summed E-state index contributed by atoms with van der Waals surface area (Å²) in [4.78, 5) is 0. The van der Waals surface area contributed by atoms with Gasteiger partial charge in [0.05, 0.1) is 12.7 Å². The number of ether oxygens (including phenoxy) is 1. The topological polar surface area (TPSA) is 49.7 Å². The van der Waals surface area contributed by atoms with E-state index >= 15 is 0 Å². The molecule has 3 nitrogen and oxygen atoms in total. The molecule has 0 spiro atoms. The molecular weight excluding hydrogens is 204 g/mol. The molecule has 3 heteroatoms. The molecule has 0 fully saturated rings. The van der Waals surface area contributed by atoms with Gasteiger partial charge in [-0.05, 0) is 24.1 Å². The van der Waals surface area contributed by atoms with Crippen LogP contribution in [0.5, 0.6) is 5.75 Å². The van der Waals surface area contributed by atoms with Gasteiger partial charge in [0.15, 0.2) is 0 Å². The Balaban J connectivity index is 2.56. The first-order chi connectivity index (χ1) is 7.77. The molecule has 2 N–H and O–H groups in total. The van der Waals surface area contributed by atoms with Crippen LogP contribution in [0.4, 0.5) is 0 Å². The lowest BCUT2D eigenvalue weighted by molar-refractivity contribution is 0.165. The van der Waals surface area contributed by atoms with Gasteiger partial charge in [-0.25, -0.2) is 0 Å². The van der Waals surface area contributed by atoms with Crippen LogP contribution in [0.2, 0.25) is 0 Å². The molecule has 0 aliphatic heterocycles. The highest BCUT2D eigenvalue weighted by Gasteiger charge is 2.06. The number of rotatable bonds is 7. The van der Waals surface area contributed by atoms with Gasteiger partial charge in [0.1, 0.15) is 5.75 Å². The van der Waals surface area contributed by atoms with E-state index in [1.165, 1.54) is 0 Å². The number of benzene rings is 1. The van der Waals surface area contributed by atoms with Crippen LogP contribution in [0.15, 0.2) is 24.3 Å². The summed E-state index contributed by atoms with van der Waals surface area (Å²) < 4.78 is 5.44. The van der Waals surface area contributed by atoms with Crippen LogP contribution in [-0.2, 0) is 0 Å². The molecule has 0 saturated carbocycles.